The predicted octanol–water partition coefficient (Wildman–Crippen LogP) is 2.85. The van der Waals surface area contributed by atoms with E-state index < -0.39 is 5.97 Å². The van der Waals surface area contributed by atoms with Crippen LogP contribution in [0.15, 0.2) is 36.5 Å². The molecule has 2 heterocycles. The number of anilines is 1. The van der Waals surface area contributed by atoms with Crippen molar-refractivity contribution in [3.63, 3.8) is 0 Å². The van der Waals surface area contributed by atoms with Crippen LogP contribution in [0.3, 0.4) is 0 Å². The highest BCUT2D eigenvalue weighted by atomic mass is 16.5. The minimum absolute atomic E-state index is 0.318. The molecule has 0 aliphatic heterocycles. The number of fused-ring (bicyclic) bond motifs is 1. The van der Waals surface area contributed by atoms with E-state index in [1.54, 1.807) is 18.7 Å². The maximum absolute atomic E-state index is 12.2. The van der Waals surface area contributed by atoms with Crippen molar-refractivity contribution in [3.8, 4) is 11.3 Å². The van der Waals surface area contributed by atoms with Crippen molar-refractivity contribution in [2.24, 2.45) is 7.05 Å². The highest BCUT2D eigenvalue weighted by Gasteiger charge is 2.21. The molecule has 0 amide bonds. The number of carbonyl (C=O) groups excluding carboxylic acids is 1. The van der Waals surface area contributed by atoms with E-state index in [4.69, 9.17) is 4.74 Å². The molecule has 6 nitrogen and oxygen atoms in total. The lowest BCUT2D eigenvalue weighted by Crippen LogP contribution is -2.09. The fraction of sp³-hybridized carbons (Fsp3) is 0.235. The van der Waals surface area contributed by atoms with Crippen LogP contribution in [0.4, 0.5) is 5.69 Å². The van der Waals surface area contributed by atoms with E-state index in [1.165, 1.54) is 6.20 Å². The summed E-state index contributed by atoms with van der Waals surface area (Å²) in [5.74, 6) is -0.394. The molecule has 0 atom stereocenters. The molecule has 23 heavy (non-hydrogen) atoms. The van der Waals surface area contributed by atoms with Gasteiger partial charge in [0, 0.05) is 25.9 Å². The first-order valence-electron chi connectivity index (χ1n) is 7.43. The number of carbonyl (C=O) groups is 1. The standard InChI is InChI=1S/C17H18N4O2/c1-4-23-17(22)12-10-19-16-13(15(12)18-2)14(20-21(16)3)11-8-6-5-7-9-11/h5-10H,4H2,1-3H3,(H,18,19). The average Bonchev–Trinajstić information content (AvgIpc) is 2.92. The molecular weight excluding hydrogens is 292 g/mol. The van der Waals surface area contributed by atoms with Gasteiger partial charge in [-0.3, -0.25) is 0 Å². The summed E-state index contributed by atoms with van der Waals surface area (Å²) in [7, 11) is 3.62. The van der Waals surface area contributed by atoms with Crippen LogP contribution >= 0.6 is 0 Å². The Kier molecular flexibility index (Phi) is 3.97. The van der Waals surface area contributed by atoms with Gasteiger partial charge >= 0.3 is 5.97 Å². The Morgan fingerprint density at radius 2 is 2.04 bits per heavy atom. The SMILES string of the molecule is CCOC(=O)c1cnc2c(c(-c3ccccc3)nn2C)c1NC. The van der Waals surface area contributed by atoms with Crippen LogP contribution in [0, 0.1) is 0 Å². The molecule has 0 spiro atoms. The fourth-order valence-electron chi connectivity index (χ4n) is 2.64. The minimum Gasteiger partial charge on any atom is -0.462 e. The quantitative estimate of drug-likeness (QED) is 0.750. The number of benzene rings is 1. The second-order valence-corrected chi connectivity index (χ2v) is 5.05. The lowest BCUT2D eigenvalue weighted by molar-refractivity contribution is 0.0527. The Labute approximate surface area is 134 Å². The number of aryl methyl sites for hydroxylation is 1. The van der Waals surface area contributed by atoms with Crippen LogP contribution in [0.1, 0.15) is 17.3 Å². The average molecular weight is 310 g/mol. The Bertz CT molecular complexity index is 856. The minimum atomic E-state index is -0.394. The van der Waals surface area contributed by atoms with Crippen LogP contribution < -0.4 is 5.32 Å². The highest BCUT2D eigenvalue weighted by molar-refractivity contribution is 6.09. The number of pyridine rings is 1. The lowest BCUT2D eigenvalue weighted by atomic mass is 10.1. The highest BCUT2D eigenvalue weighted by Crippen LogP contribution is 2.34. The van der Waals surface area contributed by atoms with E-state index in [1.807, 2.05) is 37.4 Å². The maximum Gasteiger partial charge on any atom is 0.341 e. The van der Waals surface area contributed by atoms with Gasteiger partial charge in [-0.25, -0.2) is 14.5 Å². The largest absolute Gasteiger partial charge is 0.462 e. The molecule has 0 bridgehead atoms. The zero-order chi connectivity index (χ0) is 16.4. The normalized spacial score (nSPS) is 10.7. The van der Waals surface area contributed by atoms with E-state index in [-0.39, 0.29) is 0 Å². The summed E-state index contributed by atoms with van der Waals surface area (Å²) in [6, 6.07) is 9.83. The number of hydrogen-bond donors (Lipinski definition) is 1. The Balaban J connectivity index is 2.30. The number of esters is 1. The van der Waals surface area contributed by atoms with Crippen molar-refractivity contribution in [1.82, 2.24) is 14.8 Å². The van der Waals surface area contributed by atoms with Gasteiger partial charge in [0.1, 0.15) is 11.3 Å². The van der Waals surface area contributed by atoms with Crippen molar-refractivity contribution < 1.29 is 9.53 Å². The molecule has 0 fully saturated rings. The molecule has 0 saturated heterocycles. The molecule has 6 heteroatoms. The maximum atomic E-state index is 12.2. The van der Waals surface area contributed by atoms with Crippen molar-refractivity contribution >= 4 is 22.7 Å². The second-order valence-electron chi connectivity index (χ2n) is 5.05. The van der Waals surface area contributed by atoms with E-state index in [9.17, 15) is 4.79 Å². The first kappa shape index (κ1) is 15.0. The van der Waals surface area contributed by atoms with E-state index in [0.29, 0.717) is 23.5 Å². The Morgan fingerprint density at radius 1 is 1.30 bits per heavy atom. The molecule has 3 aromatic rings. The fourth-order valence-corrected chi connectivity index (χ4v) is 2.64. The first-order valence-corrected chi connectivity index (χ1v) is 7.43. The third-order valence-electron chi connectivity index (χ3n) is 3.64. The molecule has 0 radical (unpaired) electrons. The van der Waals surface area contributed by atoms with Crippen LogP contribution in [0.2, 0.25) is 0 Å². The molecule has 1 aromatic carbocycles. The molecular formula is C17H18N4O2. The van der Waals surface area contributed by atoms with Gasteiger partial charge in [-0.1, -0.05) is 30.3 Å². The molecule has 0 saturated carbocycles. The number of nitrogens with one attached hydrogen (secondary N) is 1. The third-order valence-corrected chi connectivity index (χ3v) is 3.64. The zero-order valence-corrected chi connectivity index (χ0v) is 13.3. The van der Waals surface area contributed by atoms with Gasteiger partial charge in [0.15, 0.2) is 5.65 Å². The topological polar surface area (TPSA) is 69.0 Å². The molecule has 0 aliphatic rings. The third kappa shape index (κ3) is 2.52. The predicted molar refractivity (Wildman–Crippen MR) is 89.4 cm³/mol. The molecule has 3 rings (SSSR count). The van der Waals surface area contributed by atoms with Gasteiger partial charge in [-0.15, -0.1) is 0 Å². The van der Waals surface area contributed by atoms with E-state index in [2.05, 4.69) is 15.4 Å². The van der Waals surface area contributed by atoms with Crippen molar-refractivity contribution in [2.45, 2.75) is 6.92 Å². The molecule has 0 aliphatic carbocycles. The van der Waals surface area contributed by atoms with Gasteiger partial charge in [-0.05, 0) is 6.92 Å². The smallest absolute Gasteiger partial charge is 0.341 e. The number of aromatic nitrogens is 3. The van der Waals surface area contributed by atoms with Gasteiger partial charge < -0.3 is 10.1 Å². The number of rotatable bonds is 4. The zero-order valence-electron chi connectivity index (χ0n) is 13.3. The van der Waals surface area contributed by atoms with Crippen LogP contribution in [-0.4, -0.2) is 34.4 Å². The van der Waals surface area contributed by atoms with E-state index >= 15 is 0 Å². The van der Waals surface area contributed by atoms with Crippen molar-refractivity contribution in [3.05, 3.63) is 42.1 Å². The van der Waals surface area contributed by atoms with Crippen LogP contribution in [0.5, 0.6) is 0 Å². The molecule has 0 unspecified atom stereocenters. The lowest BCUT2D eigenvalue weighted by Gasteiger charge is -2.10. The number of nitrogens with zero attached hydrogens (tertiary/aromatic N) is 3. The molecule has 2 aromatic heterocycles. The first-order chi connectivity index (χ1) is 11.2. The molecule has 118 valence electrons. The van der Waals surface area contributed by atoms with Gasteiger partial charge in [-0.2, -0.15) is 5.10 Å². The van der Waals surface area contributed by atoms with Crippen molar-refractivity contribution in [1.29, 1.82) is 0 Å². The summed E-state index contributed by atoms with van der Waals surface area (Å²) in [4.78, 5) is 16.6. The number of hydrogen-bond acceptors (Lipinski definition) is 5. The van der Waals surface area contributed by atoms with Crippen LogP contribution in [-0.2, 0) is 11.8 Å². The van der Waals surface area contributed by atoms with Crippen LogP contribution in [0.25, 0.3) is 22.3 Å². The summed E-state index contributed by atoms with van der Waals surface area (Å²) in [6.07, 6.45) is 1.53. The van der Waals surface area contributed by atoms with Gasteiger partial charge in [0.05, 0.1) is 17.7 Å². The summed E-state index contributed by atoms with van der Waals surface area (Å²) in [5, 5.41) is 8.50. The Hall–Kier alpha value is -2.89. The monoisotopic (exact) mass is 310 g/mol. The van der Waals surface area contributed by atoms with E-state index in [0.717, 1.165) is 16.6 Å². The van der Waals surface area contributed by atoms with Gasteiger partial charge in [0.2, 0.25) is 0 Å². The van der Waals surface area contributed by atoms with Crippen molar-refractivity contribution in [2.75, 3.05) is 19.0 Å². The Morgan fingerprint density at radius 3 is 2.70 bits per heavy atom. The summed E-state index contributed by atoms with van der Waals surface area (Å²) in [5.41, 5.74) is 3.55. The second kappa shape index (κ2) is 6.08. The molecule has 1 N–H and O–H groups in total. The summed E-state index contributed by atoms with van der Waals surface area (Å²) < 4.78 is 6.84. The van der Waals surface area contributed by atoms with Gasteiger partial charge in [0.25, 0.3) is 0 Å². The summed E-state index contributed by atoms with van der Waals surface area (Å²) >= 11 is 0. The summed E-state index contributed by atoms with van der Waals surface area (Å²) in [6.45, 7) is 2.10. The number of ether oxygens (including phenoxy) is 1.